The maximum atomic E-state index is 9.63. The van der Waals surface area contributed by atoms with Crippen LogP contribution in [0.4, 0.5) is 0 Å². The molecule has 0 aliphatic carbocycles. The van der Waals surface area contributed by atoms with Crippen LogP contribution in [0, 0.1) is 0 Å². The van der Waals surface area contributed by atoms with Gasteiger partial charge in [-0.15, -0.1) is 0 Å². The van der Waals surface area contributed by atoms with E-state index in [1.807, 2.05) is 0 Å². The number of nitrogens with one attached hydrogen (secondary N) is 1. The topological polar surface area (TPSA) is 38.7 Å². The Bertz CT molecular complexity index is 223. The molecule has 1 saturated heterocycles. The Morgan fingerprint density at radius 3 is 2.16 bits per heavy atom. The monoisotopic (exact) mass is 271 g/mol. The number of hydrogen-bond donors (Lipinski definition) is 2. The fourth-order valence-corrected chi connectivity index (χ4v) is 2.98. The first-order chi connectivity index (χ1) is 9.19. The van der Waals surface area contributed by atoms with Crippen LogP contribution in [0.25, 0.3) is 0 Å². The highest BCUT2D eigenvalue weighted by Crippen LogP contribution is 2.17. The van der Waals surface area contributed by atoms with Crippen LogP contribution in [0.2, 0.25) is 0 Å². The zero-order chi connectivity index (χ0) is 14.1. The van der Waals surface area contributed by atoms with E-state index in [0.29, 0.717) is 0 Å². The molecule has 0 aromatic carbocycles. The van der Waals surface area contributed by atoms with Crippen molar-refractivity contribution >= 4 is 0 Å². The summed E-state index contributed by atoms with van der Waals surface area (Å²) >= 11 is 0. The molecule has 1 aliphatic rings. The molecule has 0 radical (unpaired) electrons. The Kier molecular flexibility index (Phi) is 7.91. The smallest absolute Gasteiger partial charge is 0.0613 e. The number of aliphatic hydroxyl groups is 1. The summed E-state index contributed by atoms with van der Waals surface area (Å²) in [6.45, 7) is 14.9. The predicted octanol–water partition coefficient (Wildman–Crippen LogP) is 1.15. The first-order valence-electron chi connectivity index (χ1n) is 8.00. The third kappa shape index (κ3) is 5.38. The first-order valence-corrected chi connectivity index (χ1v) is 8.00. The van der Waals surface area contributed by atoms with Crippen LogP contribution in [0.3, 0.4) is 0 Å². The van der Waals surface area contributed by atoms with E-state index in [1.54, 1.807) is 0 Å². The molecule has 1 rings (SSSR count). The van der Waals surface area contributed by atoms with Crippen molar-refractivity contribution in [3.05, 3.63) is 0 Å². The van der Waals surface area contributed by atoms with Gasteiger partial charge < -0.3 is 20.2 Å². The second-order valence-electron chi connectivity index (χ2n) is 5.70. The SMILES string of the molecule is CCNC(CC)(CO)CCCN1CCN(CC)CC1. The maximum Gasteiger partial charge on any atom is 0.0613 e. The minimum atomic E-state index is -0.0556. The van der Waals surface area contributed by atoms with Crippen LogP contribution in [0.15, 0.2) is 0 Å². The van der Waals surface area contributed by atoms with E-state index in [1.165, 1.54) is 45.7 Å². The number of hydrogen-bond acceptors (Lipinski definition) is 4. The minimum Gasteiger partial charge on any atom is -0.394 e. The predicted molar refractivity (Wildman–Crippen MR) is 81.6 cm³/mol. The zero-order valence-corrected chi connectivity index (χ0v) is 13.1. The lowest BCUT2D eigenvalue weighted by Crippen LogP contribution is -2.49. The van der Waals surface area contributed by atoms with Gasteiger partial charge in [-0.25, -0.2) is 0 Å². The van der Waals surface area contributed by atoms with Crippen LogP contribution >= 0.6 is 0 Å². The number of piperazine rings is 1. The molecule has 1 fully saturated rings. The van der Waals surface area contributed by atoms with E-state index < -0.39 is 0 Å². The summed E-state index contributed by atoms with van der Waals surface area (Å²) < 4.78 is 0. The largest absolute Gasteiger partial charge is 0.394 e. The van der Waals surface area contributed by atoms with Crippen LogP contribution in [-0.4, -0.2) is 72.9 Å². The summed E-state index contributed by atoms with van der Waals surface area (Å²) in [7, 11) is 0. The van der Waals surface area contributed by atoms with Crippen molar-refractivity contribution in [2.75, 3.05) is 52.4 Å². The summed E-state index contributed by atoms with van der Waals surface area (Å²) in [4.78, 5) is 5.08. The van der Waals surface area contributed by atoms with Crippen LogP contribution in [0.5, 0.6) is 0 Å². The Labute approximate surface area is 119 Å². The molecular weight excluding hydrogens is 238 g/mol. The van der Waals surface area contributed by atoms with Crippen molar-refractivity contribution in [2.24, 2.45) is 0 Å². The Morgan fingerprint density at radius 1 is 1.05 bits per heavy atom. The number of rotatable bonds is 9. The van der Waals surface area contributed by atoms with Gasteiger partial charge in [-0.1, -0.05) is 20.8 Å². The highest BCUT2D eigenvalue weighted by atomic mass is 16.3. The highest BCUT2D eigenvalue weighted by molar-refractivity contribution is 4.86. The molecule has 4 heteroatoms. The van der Waals surface area contributed by atoms with Gasteiger partial charge in [0.05, 0.1) is 6.61 Å². The molecule has 0 aromatic heterocycles. The van der Waals surface area contributed by atoms with Gasteiger partial charge in [0.15, 0.2) is 0 Å². The third-order valence-corrected chi connectivity index (χ3v) is 4.57. The van der Waals surface area contributed by atoms with E-state index in [0.717, 1.165) is 19.4 Å². The van der Waals surface area contributed by atoms with E-state index in [2.05, 4.69) is 35.9 Å². The fourth-order valence-electron chi connectivity index (χ4n) is 2.98. The van der Waals surface area contributed by atoms with Crippen molar-refractivity contribution in [3.63, 3.8) is 0 Å². The van der Waals surface area contributed by atoms with Crippen molar-refractivity contribution in [3.8, 4) is 0 Å². The molecular formula is C15H33N3O. The first kappa shape index (κ1) is 16.9. The lowest BCUT2D eigenvalue weighted by molar-refractivity contribution is 0.118. The number of aliphatic hydroxyl groups excluding tert-OH is 1. The lowest BCUT2D eigenvalue weighted by Gasteiger charge is -2.36. The molecule has 1 unspecified atom stereocenters. The number of nitrogens with zero attached hydrogens (tertiary/aromatic N) is 2. The van der Waals surface area contributed by atoms with Gasteiger partial charge in [0, 0.05) is 31.7 Å². The van der Waals surface area contributed by atoms with Crippen LogP contribution in [0.1, 0.15) is 40.0 Å². The van der Waals surface area contributed by atoms with Gasteiger partial charge in [0.25, 0.3) is 0 Å². The molecule has 0 aromatic rings. The fraction of sp³-hybridized carbons (Fsp3) is 1.00. The Balaban J connectivity index is 2.25. The van der Waals surface area contributed by atoms with Gasteiger partial charge in [0.2, 0.25) is 0 Å². The molecule has 19 heavy (non-hydrogen) atoms. The van der Waals surface area contributed by atoms with Gasteiger partial charge in [-0.3, -0.25) is 0 Å². The van der Waals surface area contributed by atoms with Gasteiger partial charge in [0.1, 0.15) is 0 Å². The average molecular weight is 271 g/mol. The lowest BCUT2D eigenvalue weighted by atomic mass is 9.91. The van der Waals surface area contributed by atoms with Gasteiger partial charge >= 0.3 is 0 Å². The van der Waals surface area contributed by atoms with Crippen molar-refractivity contribution in [1.29, 1.82) is 0 Å². The van der Waals surface area contributed by atoms with Gasteiger partial charge in [-0.2, -0.15) is 0 Å². The second kappa shape index (κ2) is 8.90. The third-order valence-electron chi connectivity index (χ3n) is 4.57. The summed E-state index contributed by atoms with van der Waals surface area (Å²) in [6.07, 6.45) is 3.25. The summed E-state index contributed by atoms with van der Waals surface area (Å²) in [5.74, 6) is 0. The number of likely N-dealkylation sites (N-methyl/N-ethyl adjacent to an activating group) is 2. The van der Waals surface area contributed by atoms with Crippen LogP contribution < -0.4 is 5.32 Å². The molecule has 1 aliphatic heterocycles. The summed E-state index contributed by atoms with van der Waals surface area (Å²) in [5, 5.41) is 13.1. The Morgan fingerprint density at radius 2 is 1.68 bits per heavy atom. The van der Waals surface area contributed by atoms with Crippen molar-refractivity contribution in [1.82, 2.24) is 15.1 Å². The Hall–Kier alpha value is -0.160. The molecule has 0 amide bonds. The molecule has 0 spiro atoms. The quantitative estimate of drug-likeness (QED) is 0.660. The van der Waals surface area contributed by atoms with E-state index in [4.69, 9.17) is 0 Å². The van der Waals surface area contributed by atoms with Gasteiger partial charge in [-0.05, 0) is 38.9 Å². The standard InChI is InChI=1S/C15H33N3O/c1-4-15(14-19,16-5-2)8-7-9-18-12-10-17(6-3)11-13-18/h16,19H,4-14H2,1-3H3. The molecule has 4 nitrogen and oxygen atoms in total. The summed E-state index contributed by atoms with van der Waals surface area (Å²) in [6, 6.07) is 0. The molecule has 114 valence electrons. The zero-order valence-electron chi connectivity index (χ0n) is 13.1. The minimum absolute atomic E-state index is 0.0556. The second-order valence-corrected chi connectivity index (χ2v) is 5.70. The molecule has 1 atom stereocenters. The van der Waals surface area contributed by atoms with Crippen LogP contribution in [-0.2, 0) is 0 Å². The van der Waals surface area contributed by atoms with Crippen molar-refractivity contribution in [2.45, 2.75) is 45.6 Å². The van der Waals surface area contributed by atoms with Crippen molar-refractivity contribution < 1.29 is 5.11 Å². The van der Waals surface area contributed by atoms with E-state index >= 15 is 0 Å². The molecule has 2 N–H and O–H groups in total. The summed E-state index contributed by atoms with van der Waals surface area (Å²) in [5.41, 5.74) is -0.0556. The average Bonchev–Trinajstić information content (AvgIpc) is 2.47. The molecule has 0 bridgehead atoms. The maximum absolute atomic E-state index is 9.63. The highest BCUT2D eigenvalue weighted by Gasteiger charge is 2.26. The van der Waals surface area contributed by atoms with E-state index in [-0.39, 0.29) is 12.1 Å². The molecule has 1 heterocycles. The molecule has 0 saturated carbocycles. The normalized spacial score (nSPS) is 21.5. The van der Waals surface area contributed by atoms with E-state index in [9.17, 15) is 5.11 Å².